The van der Waals surface area contributed by atoms with E-state index in [0.29, 0.717) is 0 Å². The van der Waals surface area contributed by atoms with Crippen molar-refractivity contribution in [2.75, 3.05) is 20.2 Å². The molecule has 0 heterocycles. The van der Waals surface area contributed by atoms with E-state index in [2.05, 4.69) is 15.4 Å². The Morgan fingerprint density at radius 2 is 1.45 bits per heavy atom. The summed E-state index contributed by atoms with van der Waals surface area (Å²) in [6.07, 6.45) is -0.557. The van der Waals surface area contributed by atoms with Gasteiger partial charge in [0.2, 0.25) is 5.91 Å². The van der Waals surface area contributed by atoms with Crippen LogP contribution in [0, 0.1) is 5.41 Å². The number of hydrogen-bond acceptors (Lipinski definition) is 5. The number of carbonyl (C=O) groups is 3. The second-order valence-corrected chi connectivity index (χ2v) is 5.80. The summed E-state index contributed by atoms with van der Waals surface area (Å²) in [5, 5.41) is 5.04. The van der Waals surface area contributed by atoms with Gasteiger partial charge in [0.25, 0.3) is 0 Å². The van der Waals surface area contributed by atoms with E-state index in [1.807, 2.05) is 0 Å². The lowest BCUT2D eigenvalue weighted by atomic mass is 9.92. The van der Waals surface area contributed by atoms with Crippen molar-refractivity contribution in [3.63, 3.8) is 0 Å². The van der Waals surface area contributed by atoms with Gasteiger partial charge in [-0.1, -0.05) is 0 Å². The van der Waals surface area contributed by atoms with E-state index in [9.17, 15) is 14.4 Å². The number of nitrogens with one attached hydrogen (secondary N) is 2. The number of hydrogen-bond donors (Lipinski definition) is 2. The van der Waals surface area contributed by atoms with Crippen LogP contribution in [0.15, 0.2) is 0 Å². The predicted octanol–water partition coefficient (Wildman–Crippen LogP) is 0.826. The highest BCUT2D eigenvalue weighted by molar-refractivity contribution is 6.01. The number of amides is 2. The van der Waals surface area contributed by atoms with E-state index in [1.54, 1.807) is 20.8 Å². The van der Waals surface area contributed by atoms with Gasteiger partial charge in [0, 0.05) is 13.1 Å². The van der Waals surface area contributed by atoms with Crippen molar-refractivity contribution in [2.45, 2.75) is 40.2 Å². The molecule has 0 rings (SSSR count). The Hall–Kier alpha value is -1.79. The van der Waals surface area contributed by atoms with Gasteiger partial charge in [0.15, 0.2) is 0 Å². The minimum absolute atomic E-state index is 0.193. The van der Waals surface area contributed by atoms with Crippen LogP contribution in [0.4, 0.5) is 4.79 Å². The van der Waals surface area contributed by atoms with Crippen LogP contribution in [0.1, 0.15) is 34.6 Å². The molecule has 7 nitrogen and oxygen atoms in total. The second-order valence-electron chi connectivity index (χ2n) is 5.80. The third kappa shape index (κ3) is 6.40. The van der Waals surface area contributed by atoms with Crippen LogP contribution in [-0.2, 0) is 19.1 Å². The predicted molar refractivity (Wildman–Crippen MR) is 73.0 cm³/mol. The molecule has 0 aliphatic heterocycles. The summed E-state index contributed by atoms with van der Waals surface area (Å²) in [5.41, 5.74) is -1.83. The zero-order valence-corrected chi connectivity index (χ0v) is 13.0. The van der Waals surface area contributed by atoms with Gasteiger partial charge in [-0.2, -0.15) is 0 Å². The first-order chi connectivity index (χ1) is 9.00. The SMILES string of the molecule is COC(=O)C(C)(C)C(=O)NCCNC(=O)OC(C)(C)C. The number of ether oxygens (including phenoxy) is 2. The van der Waals surface area contributed by atoms with E-state index in [1.165, 1.54) is 21.0 Å². The highest BCUT2D eigenvalue weighted by Gasteiger charge is 2.36. The summed E-state index contributed by atoms with van der Waals surface area (Å²) in [4.78, 5) is 34.5. The molecule has 2 N–H and O–H groups in total. The van der Waals surface area contributed by atoms with E-state index >= 15 is 0 Å². The topological polar surface area (TPSA) is 93.7 Å². The van der Waals surface area contributed by atoms with Gasteiger partial charge < -0.3 is 20.1 Å². The summed E-state index contributed by atoms with van der Waals surface area (Å²) in [5.74, 6) is -1.08. The molecule has 0 atom stereocenters. The van der Waals surface area contributed by atoms with Crippen molar-refractivity contribution < 1.29 is 23.9 Å². The van der Waals surface area contributed by atoms with E-state index in [-0.39, 0.29) is 13.1 Å². The minimum atomic E-state index is -1.26. The molecule has 0 radical (unpaired) electrons. The van der Waals surface area contributed by atoms with Crippen LogP contribution in [0.2, 0.25) is 0 Å². The molecule has 2 amide bonds. The Morgan fingerprint density at radius 1 is 0.950 bits per heavy atom. The number of alkyl carbamates (subject to hydrolysis) is 1. The summed E-state index contributed by atoms with van der Waals surface area (Å²) in [7, 11) is 1.22. The smallest absolute Gasteiger partial charge is 0.407 e. The molecule has 0 aromatic carbocycles. The molecule has 0 saturated carbocycles. The van der Waals surface area contributed by atoms with Crippen molar-refractivity contribution in [3.05, 3.63) is 0 Å². The van der Waals surface area contributed by atoms with Gasteiger partial charge in [-0.3, -0.25) is 9.59 Å². The first-order valence-corrected chi connectivity index (χ1v) is 6.34. The van der Waals surface area contributed by atoms with Crippen molar-refractivity contribution in [1.82, 2.24) is 10.6 Å². The number of rotatable bonds is 5. The number of esters is 1. The maximum absolute atomic E-state index is 11.8. The highest BCUT2D eigenvalue weighted by Crippen LogP contribution is 2.16. The lowest BCUT2D eigenvalue weighted by molar-refractivity contribution is -0.156. The molecule has 0 aliphatic rings. The monoisotopic (exact) mass is 288 g/mol. The zero-order valence-electron chi connectivity index (χ0n) is 13.0. The minimum Gasteiger partial charge on any atom is -0.468 e. The van der Waals surface area contributed by atoms with Crippen LogP contribution in [0.3, 0.4) is 0 Å². The zero-order chi connectivity index (χ0) is 16.0. The van der Waals surface area contributed by atoms with Crippen LogP contribution in [-0.4, -0.2) is 43.8 Å². The molecule has 0 aromatic heterocycles. The molecule has 0 spiro atoms. The maximum atomic E-state index is 11.8. The molecule has 0 fully saturated rings. The Balaban J connectivity index is 4.05. The van der Waals surface area contributed by atoms with Crippen LogP contribution < -0.4 is 10.6 Å². The third-order valence-electron chi connectivity index (χ3n) is 2.34. The summed E-state index contributed by atoms with van der Waals surface area (Å²) >= 11 is 0. The molecule has 0 saturated heterocycles. The summed E-state index contributed by atoms with van der Waals surface area (Å²) < 4.78 is 9.58. The molecule has 116 valence electrons. The van der Waals surface area contributed by atoms with Crippen LogP contribution in [0.5, 0.6) is 0 Å². The van der Waals surface area contributed by atoms with Crippen molar-refractivity contribution in [3.8, 4) is 0 Å². The molecule has 0 aromatic rings. The first-order valence-electron chi connectivity index (χ1n) is 6.34. The molecule has 20 heavy (non-hydrogen) atoms. The molecule has 0 unspecified atom stereocenters. The largest absolute Gasteiger partial charge is 0.468 e. The molecule has 0 bridgehead atoms. The van der Waals surface area contributed by atoms with E-state index in [0.717, 1.165) is 0 Å². The van der Waals surface area contributed by atoms with Crippen LogP contribution >= 0.6 is 0 Å². The lowest BCUT2D eigenvalue weighted by Gasteiger charge is -2.21. The Kier molecular flexibility index (Phi) is 6.48. The second kappa shape index (κ2) is 7.12. The average Bonchev–Trinajstić information content (AvgIpc) is 2.30. The van der Waals surface area contributed by atoms with Gasteiger partial charge in [0.1, 0.15) is 11.0 Å². The molecule has 7 heteroatoms. The van der Waals surface area contributed by atoms with Crippen molar-refractivity contribution in [2.24, 2.45) is 5.41 Å². The van der Waals surface area contributed by atoms with Gasteiger partial charge in [0.05, 0.1) is 7.11 Å². The third-order valence-corrected chi connectivity index (χ3v) is 2.34. The van der Waals surface area contributed by atoms with Gasteiger partial charge in [-0.25, -0.2) is 4.79 Å². The molecular formula is C13H24N2O5. The lowest BCUT2D eigenvalue weighted by Crippen LogP contribution is -2.45. The Bertz CT molecular complexity index is 371. The number of carbonyl (C=O) groups excluding carboxylic acids is 3. The van der Waals surface area contributed by atoms with Crippen LogP contribution in [0.25, 0.3) is 0 Å². The summed E-state index contributed by atoms with van der Waals surface area (Å²) in [6.45, 7) is 8.61. The van der Waals surface area contributed by atoms with Crippen molar-refractivity contribution >= 4 is 18.0 Å². The van der Waals surface area contributed by atoms with E-state index in [4.69, 9.17) is 4.74 Å². The maximum Gasteiger partial charge on any atom is 0.407 e. The average molecular weight is 288 g/mol. The Labute approximate surface area is 119 Å². The van der Waals surface area contributed by atoms with Gasteiger partial charge >= 0.3 is 12.1 Å². The quantitative estimate of drug-likeness (QED) is 0.444. The highest BCUT2D eigenvalue weighted by atomic mass is 16.6. The fourth-order valence-corrected chi connectivity index (χ4v) is 1.22. The summed E-state index contributed by atoms with van der Waals surface area (Å²) in [6, 6.07) is 0. The molecular weight excluding hydrogens is 264 g/mol. The Morgan fingerprint density at radius 3 is 1.90 bits per heavy atom. The fraction of sp³-hybridized carbons (Fsp3) is 0.769. The fourth-order valence-electron chi connectivity index (χ4n) is 1.22. The number of methoxy groups -OCH3 is 1. The standard InChI is InChI=1S/C13H24N2O5/c1-12(2,3)20-11(18)15-8-7-14-9(16)13(4,5)10(17)19-6/h7-8H2,1-6H3,(H,14,16)(H,15,18). The molecule has 0 aliphatic carbocycles. The normalized spacial score (nSPS) is 11.5. The van der Waals surface area contributed by atoms with Crippen molar-refractivity contribution in [1.29, 1.82) is 0 Å². The van der Waals surface area contributed by atoms with E-state index < -0.39 is 29.0 Å². The first kappa shape index (κ1) is 18.2. The van der Waals surface area contributed by atoms with Gasteiger partial charge in [-0.05, 0) is 34.6 Å². The van der Waals surface area contributed by atoms with Gasteiger partial charge in [-0.15, -0.1) is 0 Å².